The average molecular weight is 696 g/mol. The number of hydrogen-bond donors (Lipinski definition) is 5. The lowest BCUT2D eigenvalue weighted by atomic mass is 10.1. The Labute approximate surface area is 275 Å². The summed E-state index contributed by atoms with van der Waals surface area (Å²) >= 11 is 9.33. The Hall–Kier alpha value is -3.21. The zero-order valence-electron chi connectivity index (χ0n) is 23.8. The standard InChI is InChI=1S/C14H23N3OS.C14H8N2S3.C2HF3O2/c15-8-4-7-12(10-19)17-14(18)13(16)9-11-5-2-1-3-6-11;1-3-7-11-9(5-1)15-13(17-11)19-14-16-10-6-2-4-8-12(10)18-14;3-2(4,5)1(6)7/h1-3,5-6,12-13,19H,4,7-10,15-16H2,(H,17,18);1-8H;(H,6,7)/t12-,13+;;/m0../s1. The second-order valence-electron chi connectivity index (χ2n) is 9.42. The number of benzene rings is 3. The monoisotopic (exact) mass is 695 g/mol. The van der Waals surface area contributed by atoms with Gasteiger partial charge < -0.3 is 21.9 Å². The Morgan fingerprint density at radius 1 is 0.911 bits per heavy atom. The predicted octanol–water partition coefficient (Wildman–Crippen LogP) is 6.40. The molecule has 5 rings (SSSR count). The molecule has 0 unspecified atom stereocenters. The first-order chi connectivity index (χ1) is 21.5. The van der Waals surface area contributed by atoms with Crippen LogP contribution in [0.25, 0.3) is 20.4 Å². The van der Waals surface area contributed by atoms with E-state index in [0.29, 0.717) is 18.7 Å². The highest BCUT2D eigenvalue weighted by molar-refractivity contribution is 8.02. The van der Waals surface area contributed by atoms with Gasteiger partial charge >= 0.3 is 12.1 Å². The minimum Gasteiger partial charge on any atom is -0.475 e. The molecule has 2 atom stereocenters. The van der Waals surface area contributed by atoms with Crippen LogP contribution < -0.4 is 16.8 Å². The molecule has 0 saturated heterocycles. The predicted molar refractivity (Wildman–Crippen MR) is 179 cm³/mol. The smallest absolute Gasteiger partial charge is 0.475 e. The first kappa shape index (κ1) is 36.3. The molecule has 8 nitrogen and oxygen atoms in total. The third-order valence-corrected chi connectivity index (χ3v) is 9.56. The van der Waals surface area contributed by atoms with Gasteiger partial charge in [0.2, 0.25) is 5.91 Å². The van der Waals surface area contributed by atoms with Crippen molar-refractivity contribution in [2.24, 2.45) is 11.5 Å². The number of halogens is 3. The van der Waals surface area contributed by atoms with Crippen molar-refractivity contribution in [3.8, 4) is 0 Å². The molecule has 45 heavy (non-hydrogen) atoms. The number of hydrogen-bond acceptors (Lipinski definition) is 10. The number of nitrogens with two attached hydrogens (primary N) is 2. The van der Waals surface area contributed by atoms with Crippen LogP contribution in [0.5, 0.6) is 0 Å². The average Bonchev–Trinajstić information content (AvgIpc) is 3.62. The fourth-order valence-electron chi connectivity index (χ4n) is 3.71. The molecular formula is C30H32F3N5O3S4. The van der Waals surface area contributed by atoms with Crippen molar-refractivity contribution in [3.05, 3.63) is 84.4 Å². The van der Waals surface area contributed by atoms with Crippen LogP contribution in [-0.4, -0.2) is 57.5 Å². The number of carboxylic acid groups (broad SMARTS) is 1. The second-order valence-corrected chi connectivity index (χ2v) is 13.3. The van der Waals surface area contributed by atoms with Gasteiger partial charge in [0, 0.05) is 11.8 Å². The fourth-order valence-corrected chi connectivity index (χ4v) is 7.32. The van der Waals surface area contributed by atoms with E-state index in [1.165, 1.54) is 9.40 Å². The number of amides is 1. The molecule has 0 aliphatic heterocycles. The van der Waals surface area contributed by atoms with Crippen LogP contribution in [-0.2, 0) is 16.0 Å². The molecule has 0 aliphatic rings. The number of aromatic nitrogens is 2. The number of alkyl halides is 3. The van der Waals surface area contributed by atoms with E-state index in [0.717, 1.165) is 38.1 Å². The molecular weight excluding hydrogens is 664 g/mol. The van der Waals surface area contributed by atoms with E-state index < -0.39 is 18.2 Å². The van der Waals surface area contributed by atoms with Crippen LogP contribution in [0.1, 0.15) is 18.4 Å². The number of thiol groups is 1. The summed E-state index contributed by atoms with van der Waals surface area (Å²) in [6.07, 6.45) is -2.83. The lowest BCUT2D eigenvalue weighted by molar-refractivity contribution is -0.192. The van der Waals surface area contributed by atoms with E-state index >= 15 is 0 Å². The number of carbonyl (C=O) groups excluding carboxylic acids is 1. The normalized spacial score (nSPS) is 12.4. The zero-order chi connectivity index (χ0) is 32.8. The highest BCUT2D eigenvalue weighted by atomic mass is 32.2. The molecule has 5 aromatic rings. The molecule has 240 valence electrons. The van der Waals surface area contributed by atoms with Crippen molar-refractivity contribution in [3.63, 3.8) is 0 Å². The third kappa shape index (κ3) is 12.2. The molecule has 0 bridgehead atoms. The van der Waals surface area contributed by atoms with Gasteiger partial charge in [-0.15, -0.1) is 22.7 Å². The van der Waals surface area contributed by atoms with E-state index in [4.69, 9.17) is 21.4 Å². The number of rotatable bonds is 10. The van der Waals surface area contributed by atoms with E-state index in [-0.39, 0.29) is 11.9 Å². The summed E-state index contributed by atoms with van der Waals surface area (Å²) in [6, 6.07) is 25.7. The summed E-state index contributed by atoms with van der Waals surface area (Å²) < 4.78 is 36.3. The van der Waals surface area contributed by atoms with Gasteiger partial charge in [0.1, 0.15) is 0 Å². The minimum atomic E-state index is -5.08. The van der Waals surface area contributed by atoms with Crippen LogP contribution in [0.15, 0.2) is 87.5 Å². The molecule has 3 aromatic carbocycles. The van der Waals surface area contributed by atoms with Crippen LogP contribution in [0.3, 0.4) is 0 Å². The van der Waals surface area contributed by atoms with Gasteiger partial charge in [0.15, 0.2) is 8.68 Å². The van der Waals surface area contributed by atoms with E-state index in [9.17, 15) is 18.0 Å². The van der Waals surface area contributed by atoms with Gasteiger partial charge in [0.05, 0.1) is 26.5 Å². The van der Waals surface area contributed by atoms with Crippen molar-refractivity contribution in [2.45, 2.75) is 46.2 Å². The topological polar surface area (TPSA) is 144 Å². The lowest BCUT2D eigenvalue weighted by Gasteiger charge is -2.19. The van der Waals surface area contributed by atoms with Gasteiger partial charge in [-0.2, -0.15) is 25.8 Å². The maximum Gasteiger partial charge on any atom is 0.490 e. The molecule has 1 amide bonds. The van der Waals surface area contributed by atoms with Gasteiger partial charge in [-0.05, 0) is 67.4 Å². The van der Waals surface area contributed by atoms with Crippen LogP contribution in [0, 0.1) is 0 Å². The number of carboxylic acids is 1. The summed E-state index contributed by atoms with van der Waals surface area (Å²) in [4.78, 5) is 30.1. The number of para-hydroxylation sites is 2. The van der Waals surface area contributed by atoms with Crippen molar-refractivity contribution in [2.75, 3.05) is 12.3 Å². The number of nitrogens with one attached hydrogen (secondary N) is 1. The Balaban J connectivity index is 0.000000204. The molecule has 15 heteroatoms. The summed E-state index contributed by atoms with van der Waals surface area (Å²) in [5.41, 5.74) is 14.6. The maximum atomic E-state index is 12.0. The molecule has 0 saturated carbocycles. The molecule has 2 aromatic heterocycles. The van der Waals surface area contributed by atoms with Gasteiger partial charge in [-0.1, -0.05) is 54.6 Å². The lowest BCUT2D eigenvalue weighted by Crippen LogP contribution is -2.47. The van der Waals surface area contributed by atoms with Crippen molar-refractivity contribution < 1.29 is 27.9 Å². The molecule has 6 N–H and O–H groups in total. The van der Waals surface area contributed by atoms with Crippen molar-refractivity contribution in [1.29, 1.82) is 0 Å². The summed E-state index contributed by atoms with van der Waals surface area (Å²) in [6.45, 7) is 0.621. The number of carbonyl (C=O) groups is 2. The molecule has 0 radical (unpaired) electrons. The van der Waals surface area contributed by atoms with E-state index in [1.54, 1.807) is 34.4 Å². The van der Waals surface area contributed by atoms with E-state index in [1.807, 2.05) is 66.7 Å². The third-order valence-electron chi connectivity index (χ3n) is 5.92. The minimum absolute atomic E-state index is 0.0428. The molecule has 0 spiro atoms. The Bertz CT molecular complexity index is 1510. The largest absolute Gasteiger partial charge is 0.490 e. The highest BCUT2D eigenvalue weighted by Gasteiger charge is 2.38. The zero-order valence-corrected chi connectivity index (χ0v) is 27.2. The Morgan fingerprint density at radius 3 is 1.84 bits per heavy atom. The van der Waals surface area contributed by atoms with Crippen molar-refractivity contribution in [1.82, 2.24) is 15.3 Å². The van der Waals surface area contributed by atoms with Crippen LogP contribution in [0.2, 0.25) is 0 Å². The van der Waals surface area contributed by atoms with Crippen LogP contribution >= 0.6 is 47.1 Å². The summed E-state index contributed by atoms with van der Waals surface area (Å²) in [5, 5.41) is 10.1. The number of fused-ring (bicyclic) bond motifs is 2. The Morgan fingerprint density at radius 2 is 1.40 bits per heavy atom. The van der Waals surface area contributed by atoms with E-state index in [2.05, 4.69) is 40.0 Å². The fraction of sp³-hybridized carbons (Fsp3) is 0.267. The molecule has 0 fully saturated rings. The summed E-state index contributed by atoms with van der Waals surface area (Å²) in [5.74, 6) is -2.28. The first-order valence-corrected chi connectivity index (χ1v) is 16.7. The number of thiazole rings is 2. The SMILES string of the molecule is NCCC[C@@H](CS)NC(=O)[C@H](N)Cc1ccccc1.O=C(O)C(F)(F)F.c1ccc2sc(Sc3nc4ccccc4s3)nc2c1. The first-order valence-electron chi connectivity index (χ1n) is 13.6. The second kappa shape index (κ2) is 18.1. The molecule has 0 aliphatic carbocycles. The van der Waals surface area contributed by atoms with Gasteiger partial charge in [-0.3, -0.25) is 4.79 Å². The van der Waals surface area contributed by atoms with Gasteiger partial charge in [0.25, 0.3) is 0 Å². The maximum absolute atomic E-state index is 12.0. The number of nitrogens with zero attached hydrogens (tertiary/aromatic N) is 2. The quantitative estimate of drug-likeness (QED) is 0.106. The molecule has 2 heterocycles. The summed E-state index contributed by atoms with van der Waals surface area (Å²) in [7, 11) is 0. The van der Waals surface area contributed by atoms with Gasteiger partial charge in [-0.25, -0.2) is 14.8 Å². The van der Waals surface area contributed by atoms with Crippen molar-refractivity contribution >= 4 is 79.4 Å². The Kier molecular flexibility index (Phi) is 14.6. The number of aliphatic carboxylic acids is 1. The van der Waals surface area contributed by atoms with Crippen LogP contribution in [0.4, 0.5) is 13.2 Å². The highest BCUT2D eigenvalue weighted by Crippen LogP contribution is 2.37.